The molecule has 8 nitrogen and oxygen atoms in total. The average molecular weight is 387 g/mol. The van der Waals surface area contributed by atoms with Crippen LogP contribution in [-0.2, 0) is 20.0 Å². The van der Waals surface area contributed by atoms with Gasteiger partial charge in [0.25, 0.3) is 0 Å². The fraction of sp³-hybridized carbons (Fsp3) is 0.400. The van der Waals surface area contributed by atoms with Crippen LogP contribution in [0.3, 0.4) is 0 Å². The van der Waals surface area contributed by atoms with E-state index in [1.165, 1.54) is 33.0 Å². The first-order valence-corrected chi connectivity index (χ1v) is 10.4. The zero-order chi connectivity index (χ0) is 18.8. The molecule has 1 heterocycles. The largest absolute Gasteiger partial charge is 0.360 e. The van der Waals surface area contributed by atoms with E-state index in [0.717, 1.165) is 9.87 Å². The van der Waals surface area contributed by atoms with E-state index in [4.69, 9.17) is 4.52 Å². The van der Waals surface area contributed by atoms with Gasteiger partial charge in [-0.25, -0.2) is 21.6 Å². The summed E-state index contributed by atoms with van der Waals surface area (Å²) < 4.78 is 57.8. The van der Waals surface area contributed by atoms with E-state index in [0.29, 0.717) is 0 Å². The molecule has 10 heteroatoms. The number of rotatable bonds is 7. The Bertz CT molecular complexity index is 928. The topological polar surface area (TPSA) is 110 Å². The Morgan fingerprint density at radius 3 is 2.20 bits per heavy atom. The van der Waals surface area contributed by atoms with Crippen molar-refractivity contribution in [3.05, 3.63) is 41.3 Å². The molecule has 0 bridgehead atoms. The smallest absolute Gasteiger partial charge is 0.246 e. The summed E-state index contributed by atoms with van der Waals surface area (Å²) in [5, 5.41) is 3.61. The minimum Gasteiger partial charge on any atom is -0.360 e. The first-order chi connectivity index (χ1) is 11.6. The van der Waals surface area contributed by atoms with Gasteiger partial charge in [0.1, 0.15) is 10.6 Å². The molecule has 1 aromatic carbocycles. The van der Waals surface area contributed by atoms with Crippen molar-refractivity contribution in [2.45, 2.75) is 30.6 Å². The monoisotopic (exact) mass is 387 g/mol. The highest BCUT2D eigenvalue weighted by atomic mass is 32.2. The summed E-state index contributed by atoms with van der Waals surface area (Å²) in [4.78, 5) is 0.144. The van der Waals surface area contributed by atoms with Gasteiger partial charge in [0, 0.05) is 20.1 Å². The molecule has 0 aliphatic rings. The van der Waals surface area contributed by atoms with E-state index in [1.54, 1.807) is 12.1 Å². The van der Waals surface area contributed by atoms with Gasteiger partial charge < -0.3 is 4.52 Å². The Kier molecular flexibility index (Phi) is 5.67. The van der Waals surface area contributed by atoms with Crippen molar-refractivity contribution in [2.24, 2.45) is 0 Å². The van der Waals surface area contributed by atoms with E-state index in [2.05, 4.69) is 9.88 Å². The molecule has 1 N–H and O–H groups in total. The van der Waals surface area contributed by atoms with Gasteiger partial charge in [-0.2, -0.15) is 4.31 Å². The molecule has 0 atom stereocenters. The second-order valence-electron chi connectivity index (χ2n) is 5.69. The number of aryl methyl sites for hydroxylation is 3. The maximum atomic E-state index is 12.5. The summed E-state index contributed by atoms with van der Waals surface area (Å²) in [6.07, 6.45) is 0. The van der Waals surface area contributed by atoms with Crippen molar-refractivity contribution in [3.8, 4) is 0 Å². The Hall–Kier alpha value is -1.75. The Morgan fingerprint density at radius 1 is 1.08 bits per heavy atom. The number of sulfonamides is 2. The van der Waals surface area contributed by atoms with Gasteiger partial charge in [0.15, 0.2) is 5.76 Å². The predicted molar refractivity (Wildman–Crippen MR) is 92.2 cm³/mol. The minimum absolute atomic E-state index is 0.0151. The molecule has 138 valence electrons. The van der Waals surface area contributed by atoms with Crippen molar-refractivity contribution >= 4 is 20.0 Å². The van der Waals surface area contributed by atoms with Crippen molar-refractivity contribution in [2.75, 3.05) is 20.1 Å². The van der Waals surface area contributed by atoms with E-state index >= 15 is 0 Å². The normalized spacial score (nSPS) is 12.7. The maximum absolute atomic E-state index is 12.5. The molecule has 0 fully saturated rings. The Morgan fingerprint density at radius 2 is 1.68 bits per heavy atom. The lowest BCUT2D eigenvalue weighted by atomic mass is 10.2. The van der Waals surface area contributed by atoms with E-state index in [-0.39, 0.29) is 34.3 Å². The second kappa shape index (κ2) is 7.24. The molecule has 1 aromatic heterocycles. The van der Waals surface area contributed by atoms with Gasteiger partial charge in [-0.1, -0.05) is 22.9 Å². The summed E-state index contributed by atoms with van der Waals surface area (Å²) in [6, 6.07) is 6.46. The van der Waals surface area contributed by atoms with Crippen LogP contribution in [0.2, 0.25) is 0 Å². The van der Waals surface area contributed by atoms with Gasteiger partial charge in [0.05, 0.1) is 4.90 Å². The van der Waals surface area contributed by atoms with Crippen LogP contribution in [0.25, 0.3) is 0 Å². The average Bonchev–Trinajstić information content (AvgIpc) is 2.87. The molecule has 0 spiro atoms. The maximum Gasteiger partial charge on any atom is 0.246 e. The first kappa shape index (κ1) is 19.6. The third-order valence-corrected chi connectivity index (χ3v) is 7.26. The van der Waals surface area contributed by atoms with Crippen LogP contribution >= 0.6 is 0 Å². The van der Waals surface area contributed by atoms with Gasteiger partial charge in [-0.05, 0) is 32.9 Å². The zero-order valence-corrected chi connectivity index (χ0v) is 16.1. The number of hydrogen-bond acceptors (Lipinski definition) is 6. The molecular weight excluding hydrogens is 366 g/mol. The summed E-state index contributed by atoms with van der Waals surface area (Å²) in [5.74, 6) is 0.186. The van der Waals surface area contributed by atoms with Crippen molar-refractivity contribution in [1.82, 2.24) is 14.2 Å². The Balaban J connectivity index is 2.05. The summed E-state index contributed by atoms with van der Waals surface area (Å²) in [7, 11) is -6.09. The third-order valence-electron chi connectivity index (χ3n) is 3.68. The number of nitrogens with zero attached hydrogens (tertiary/aromatic N) is 2. The zero-order valence-electron chi connectivity index (χ0n) is 14.5. The molecule has 0 aliphatic carbocycles. The minimum atomic E-state index is -3.82. The number of likely N-dealkylation sites (N-methyl/N-ethyl adjacent to an activating group) is 1. The summed E-state index contributed by atoms with van der Waals surface area (Å²) >= 11 is 0. The lowest BCUT2D eigenvalue weighted by Crippen LogP contribution is -2.36. The molecule has 25 heavy (non-hydrogen) atoms. The number of nitrogens with one attached hydrogen (secondary N) is 1. The quantitative estimate of drug-likeness (QED) is 0.764. The highest BCUT2D eigenvalue weighted by molar-refractivity contribution is 7.89. The number of hydrogen-bond donors (Lipinski definition) is 1. The van der Waals surface area contributed by atoms with Crippen molar-refractivity contribution in [3.63, 3.8) is 0 Å². The molecule has 0 amide bonds. The lowest BCUT2D eigenvalue weighted by molar-refractivity contribution is 0.390. The lowest BCUT2D eigenvalue weighted by Gasteiger charge is -2.17. The SMILES string of the molecule is Cc1ccc(S(=O)(=O)N(C)CCNS(=O)(=O)c2c(C)noc2C)cc1. The molecular formula is C15H21N3O5S2. The molecule has 2 aromatic rings. The summed E-state index contributed by atoms with van der Waals surface area (Å²) in [5.41, 5.74) is 1.21. The van der Waals surface area contributed by atoms with E-state index in [9.17, 15) is 16.8 Å². The predicted octanol–water partition coefficient (Wildman–Crippen LogP) is 1.20. The highest BCUT2D eigenvalue weighted by Gasteiger charge is 2.25. The highest BCUT2D eigenvalue weighted by Crippen LogP contribution is 2.18. The van der Waals surface area contributed by atoms with E-state index in [1.807, 2.05) is 6.92 Å². The third kappa shape index (κ3) is 4.27. The fourth-order valence-electron chi connectivity index (χ4n) is 2.28. The molecule has 0 radical (unpaired) electrons. The summed E-state index contributed by atoms with van der Waals surface area (Å²) in [6.45, 7) is 4.80. The molecule has 0 saturated carbocycles. The fourth-order valence-corrected chi connectivity index (χ4v) is 4.80. The van der Waals surface area contributed by atoms with Gasteiger partial charge in [-0.3, -0.25) is 0 Å². The van der Waals surface area contributed by atoms with Crippen LogP contribution in [-0.4, -0.2) is 46.4 Å². The van der Waals surface area contributed by atoms with Crippen molar-refractivity contribution < 1.29 is 21.4 Å². The van der Waals surface area contributed by atoms with Crippen LogP contribution in [0, 0.1) is 20.8 Å². The first-order valence-electron chi connectivity index (χ1n) is 7.51. The molecule has 2 rings (SSSR count). The Labute approximate surface area is 147 Å². The second-order valence-corrected chi connectivity index (χ2v) is 9.44. The van der Waals surface area contributed by atoms with Crippen LogP contribution in [0.1, 0.15) is 17.0 Å². The molecule has 0 unspecified atom stereocenters. The van der Waals surface area contributed by atoms with Gasteiger partial charge in [0.2, 0.25) is 20.0 Å². The molecule has 0 saturated heterocycles. The van der Waals surface area contributed by atoms with Crippen LogP contribution in [0.5, 0.6) is 0 Å². The number of benzene rings is 1. The van der Waals surface area contributed by atoms with Gasteiger partial charge >= 0.3 is 0 Å². The standard InChI is InChI=1S/C15H21N3O5S2/c1-11-5-7-14(8-6-11)25(21,22)18(4)10-9-16-24(19,20)15-12(2)17-23-13(15)3/h5-8,16H,9-10H2,1-4H3. The van der Waals surface area contributed by atoms with Crippen LogP contribution < -0.4 is 4.72 Å². The van der Waals surface area contributed by atoms with Crippen molar-refractivity contribution in [1.29, 1.82) is 0 Å². The van der Waals surface area contributed by atoms with E-state index < -0.39 is 20.0 Å². The van der Waals surface area contributed by atoms with Crippen LogP contribution in [0.15, 0.2) is 38.6 Å². The van der Waals surface area contributed by atoms with Crippen LogP contribution in [0.4, 0.5) is 0 Å². The number of aromatic nitrogens is 1. The van der Waals surface area contributed by atoms with Gasteiger partial charge in [-0.15, -0.1) is 0 Å². The molecule has 0 aliphatic heterocycles.